The molecule has 5 nitrogen and oxygen atoms in total. The smallest absolute Gasteiger partial charge is 0.159 e. The first-order valence-electron chi connectivity index (χ1n) is 17.2. The molecule has 8 atom stereocenters. The van der Waals surface area contributed by atoms with Gasteiger partial charge in [0.2, 0.25) is 0 Å². The van der Waals surface area contributed by atoms with Crippen molar-refractivity contribution in [1.82, 2.24) is 10.2 Å². The summed E-state index contributed by atoms with van der Waals surface area (Å²) in [5.74, 6) is 3.49. The number of allylic oxidation sites excluding steroid dienone is 3. The SMILES string of the molecule is CC1=CC[C@]2(C)[C@H]3CC[C@@H]4C5=C(C(C)C)C(=O)CC5[C@@H](NCCN5CCS(=O)(=O)CC5)C[C@@]4(C)[C@]3(C)CC[C@H]2C1(C)C. The van der Waals surface area contributed by atoms with Gasteiger partial charge in [-0.05, 0) is 96.4 Å². The Morgan fingerprint density at radius 3 is 2.36 bits per heavy atom. The van der Waals surface area contributed by atoms with E-state index in [1.165, 1.54) is 43.3 Å². The number of rotatable bonds is 5. The van der Waals surface area contributed by atoms with Crippen molar-refractivity contribution in [2.75, 3.05) is 37.7 Å². The fourth-order valence-electron chi connectivity index (χ4n) is 12.0. The predicted octanol–water partition coefficient (Wildman–Crippen LogP) is 6.45. The minimum Gasteiger partial charge on any atom is -0.312 e. The maximum absolute atomic E-state index is 13.6. The third-order valence-electron chi connectivity index (χ3n) is 14.6. The molecular formula is C36H58N2O3S. The lowest BCUT2D eigenvalue weighted by atomic mass is 9.33. The second kappa shape index (κ2) is 10.3. The first-order valence-corrected chi connectivity index (χ1v) is 19.0. The van der Waals surface area contributed by atoms with Crippen LogP contribution in [0.3, 0.4) is 0 Å². The molecule has 1 aliphatic heterocycles. The first kappa shape index (κ1) is 31.0. The quantitative estimate of drug-likeness (QED) is 0.369. The Bertz CT molecular complexity index is 1280. The third-order valence-corrected chi connectivity index (χ3v) is 16.2. The van der Waals surface area contributed by atoms with E-state index in [0.717, 1.165) is 25.4 Å². The fraction of sp³-hybridized carbons (Fsp3) is 0.861. The van der Waals surface area contributed by atoms with Crippen LogP contribution in [0, 0.1) is 51.2 Å². The molecular weight excluding hydrogens is 540 g/mol. The Balaban J connectivity index is 1.32. The molecule has 42 heavy (non-hydrogen) atoms. The zero-order valence-electron chi connectivity index (χ0n) is 27.8. The van der Waals surface area contributed by atoms with E-state index in [2.05, 4.69) is 71.7 Å². The summed E-state index contributed by atoms with van der Waals surface area (Å²) in [5, 5.41) is 4.01. The average molecular weight is 599 g/mol. The van der Waals surface area contributed by atoms with Crippen molar-refractivity contribution in [3.8, 4) is 0 Å². The van der Waals surface area contributed by atoms with Crippen LogP contribution in [0.15, 0.2) is 22.8 Å². The van der Waals surface area contributed by atoms with Crippen molar-refractivity contribution in [3.05, 3.63) is 22.8 Å². The molecule has 0 aromatic carbocycles. The molecule has 1 N–H and O–H groups in total. The Kier molecular flexibility index (Phi) is 7.59. The normalized spacial score (nSPS) is 44.7. The molecule has 5 aliphatic carbocycles. The molecule has 0 aromatic heterocycles. The first-order chi connectivity index (χ1) is 19.5. The number of fused-ring (bicyclic) bond motifs is 7. The number of nitrogens with zero attached hydrogens (tertiary/aromatic N) is 1. The second-order valence-corrected chi connectivity index (χ2v) is 19.2. The van der Waals surface area contributed by atoms with E-state index >= 15 is 0 Å². The Hall–Kier alpha value is -0.980. The highest BCUT2D eigenvalue weighted by molar-refractivity contribution is 7.91. The Morgan fingerprint density at radius 2 is 1.69 bits per heavy atom. The van der Waals surface area contributed by atoms with E-state index < -0.39 is 9.84 Å². The van der Waals surface area contributed by atoms with Gasteiger partial charge in [-0.15, -0.1) is 0 Å². The molecule has 6 heteroatoms. The molecule has 0 bridgehead atoms. The van der Waals surface area contributed by atoms with E-state index in [9.17, 15) is 13.2 Å². The van der Waals surface area contributed by atoms with Gasteiger partial charge in [0, 0.05) is 44.6 Å². The lowest BCUT2D eigenvalue weighted by molar-refractivity contribution is -0.198. The van der Waals surface area contributed by atoms with Crippen LogP contribution >= 0.6 is 0 Å². The van der Waals surface area contributed by atoms with Crippen LogP contribution in [0.2, 0.25) is 0 Å². The number of carbonyl (C=O) groups excluding carboxylic acids is 1. The third kappa shape index (κ3) is 4.49. The van der Waals surface area contributed by atoms with E-state index in [1.54, 1.807) is 5.57 Å². The van der Waals surface area contributed by atoms with Crippen molar-refractivity contribution in [2.45, 2.75) is 106 Å². The van der Waals surface area contributed by atoms with Crippen molar-refractivity contribution in [1.29, 1.82) is 0 Å². The number of hydrogen-bond donors (Lipinski definition) is 1. The minimum atomic E-state index is -2.87. The monoisotopic (exact) mass is 598 g/mol. The highest BCUT2D eigenvalue weighted by Crippen LogP contribution is 2.75. The van der Waals surface area contributed by atoms with Crippen LogP contribution < -0.4 is 5.32 Å². The van der Waals surface area contributed by atoms with Crippen LogP contribution in [-0.2, 0) is 14.6 Å². The standard InChI is InChI=1S/C36H58N2O3S/c1-23(2)31-28(39)21-25-27(37-15-16-38-17-19-42(40,41)20-18-38)22-36(8)26(32(25)31)9-10-30-34(6)13-11-24(3)33(4,5)29(34)12-14-35(30,36)7/h11,23,25-27,29-30,37H,9-10,12-22H2,1-8H3/t25?,26-,27+,29+,30-,34+,35-,36-/m1/s1. The number of Topliss-reactive ketones (excluding diaryl/α,β-unsaturated/α-hetero) is 1. The lowest BCUT2D eigenvalue weighted by Crippen LogP contribution is -2.65. The molecule has 1 saturated heterocycles. The van der Waals surface area contributed by atoms with Gasteiger partial charge in [0.25, 0.3) is 0 Å². The molecule has 236 valence electrons. The van der Waals surface area contributed by atoms with Gasteiger partial charge in [-0.3, -0.25) is 4.79 Å². The van der Waals surface area contributed by atoms with Gasteiger partial charge < -0.3 is 10.2 Å². The van der Waals surface area contributed by atoms with Gasteiger partial charge in [-0.1, -0.05) is 65.7 Å². The van der Waals surface area contributed by atoms with Gasteiger partial charge in [-0.2, -0.15) is 0 Å². The average Bonchev–Trinajstić information content (AvgIpc) is 3.25. The molecule has 0 spiro atoms. The summed E-state index contributed by atoms with van der Waals surface area (Å²) < 4.78 is 23.9. The number of sulfone groups is 1. The summed E-state index contributed by atoms with van der Waals surface area (Å²) in [4.78, 5) is 15.9. The molecule has 6 rings (SSSR count). The summed E-state index contributed by atoms with van der Waals surface area (Å²) in [6, 6.07) is 0.306. The van der Waals surface area contributed by atoms with Crippen molar-refractivity contribution in [2.24, 2.45) is 51.2 Å². The molecule has 0 amide bonds. The highest BCUT2D eigenvalue weighted by atomic mass is 32.2. The molecule has 3 saturated carbocycles. The van der Waals surface area contributed by atoms with Crippen molar-refractivity contribution in [3.63, 3.8) is 0 Å². The molecule has 0 aromatic rings. The number of carbonyl (C=O) groups is 1. The summed E-state index contributed by atoms with van der Waals surface area (Å²) in [5.41, 5.74) is 5.26. The number of ketones is 1. The van der Waals surface area contributed by atoms with Gasteiger partial charge in [0.15, 0.2) is 15.6 Å². The zero-order valence-corrected chi connectivity index (χ0v) is 28.6. The number of hydrogen-bond acceptors (Lipinski definition) is 5. The summed E-state index contributed by atoms with van der Waals surface area (Å²) >= 11 is 0. The fourth-order valence-corrected chi connectivity index (χ4v) is 13.3. The molecule has 0 radical (unpaired) electrons. The molecule has 6 aliphatic rings. The van der Waals surface area contributed by atoms with Gasteiger partial charge >= 0.3 is 0 Å². The number of nitrogens with one attached hydrogen (secondary N) is 1. The highest BCUT2D eigenvalue weighted by Gasteiger charge is 2.68. The van der Waals surface area contributed by atoms with Crippen LogP contribution in [0.4, 0.5) is 0 Å². The molecule has 1 heterocycles. The Morgan fingerprint density at radius 1 is 1.00 bits per heavy atom. The minimum absolute atomic E-state index is 0.151. The summed E-state index contributed by atoms with van der Waals surface area (Å²) in [7, 11) is -2.87. The van der Waals surface area contributed by atoms with Gasteiger partial charge in [-0.25, -0.2) is 8.42 Å². The lowest BCUT2D eigenvalue weighted by Gasteiger charge is -2.71. The maximum atomic E-state index is 13.6. The van der Waals surface area contributed by atoms with Crippen LogP contribution in [0.5, 0.6) is 0 Å². The van der Waals surface area contributed by atoms with E-state index in [4.69, 9.17) is 0 Å². The zero-order chi connectivity index (χ0) is 30.5. The van der Waals surface area contributed by atoms with E-state index in [1.807, 2.05) is 0 Å². The van der Waals surface area contributed by atoms with Crippen molar-refractivity contribution < 1.29 is 13.2 Å². The largest absolute Gasteiger partial charge is 0.312 e. The van der Waals surface area contributed by atoms with Crippen LogP contribution in [0.1, 0.15) is 100 Å². The predicted molar refractivity (Wildman–Crippen MR) is 172 cm³/mol. The molecule has 1 unspecified atom stereocenters. The van der Waals surface area contributed by atoms with Gasteiger partial charge in [0.05, 0.1) is 11.5 Å². The van der Waals surface area contributed by atoms with E-state index in [0.29, 0.717) is 54.5 Å². The van der Waals surface area contributed by atoms with Crippen LogP contribution in [0.25, 0.3) is 0 Å². The van der Waals surface area contributed by atoms with Gasteiger partial charge in [0.1, 0.15) is 0 Å². The van der Waals surface area contributed by atoms with Crippen LogP contribution in [-0.4, -0.2) is 62.8 Å². The summed E-state index contributed by atoms with van der Waals surface area (Å²) in [6.45, 7) is 22.8. The Labute approximate surface area is 256 Å². The molecule has 4 fully saturated rings. The van der Waals surface area contributed by atoms with Crippen molar-refractivity contribution >= 4 is 15.6 Å². The summed E-state index contributed by atoms with van der Waals surface area (Å²) in [6.07, 6.45) is 10.7. The van der Waals surface area contributed by atoms with E-state index in [-0.39, 0.29) is 33.7 Å². The maximum Gasteiger partial charge on any atom is 0.159 e. The second-order valence-electron chi connectivity index (χ2n) is 16.9. The topological polar surface area (TPSA) is 66.5 Å².